The highest BCUT2D eigenvalue weighted by atomic mass is 32.2. The Morgan fingerprint density at radius 3 is 2.90 bits per heavy atom. The van der Waals surface area contributed by atoms with Gasteiger partial charge < -0.3 is 15.2 Å². The number of sulfonamides is 1. The minimum Gasteiger partial charge on any atom is -0.366 e. The van der Waals surface area contributed by atoms with Crippen LogP contribution in [0, 0.1) is 11.3 Å². The summed E-state index contributed by atoms with van der Waals surface area (Å²) in [7, 11) is -3.49. The minimum absolute atomic E-state index is 0.281. The molecule has 1 atom stereocenters. The van der Waals surface area contributed by atoms with Gasteiger partial charge in [0.2, 0.25) is 10.0 Å². The number of hydrogen-bond acceptors (Lipinski definition) is 8. The van der Waals surface area contributed by atoms with Crippen LogP contribution in [0.4, 0.5) is 22.9 Å². The molecule has 0 amide bonds. The smallest absolute Gasteiger partial charge is 0.235 e. The lowest BCUT2D eigenvalue weighted by Crippen LogP contribution is -2.50. The van der Waals surface area contributed by atoms with E-state index >= 15 is 0 Å². The Balaban J connectivity index is 1.74. The van der Waals surface area contributed by atoms with Gasteiger partial charge in [-0.05, 0) is 38.1 Å². The Morgan fingerprint density at radius 1 is 1.29 bits per heavy atom. The highest BCUT2D eigenvalue weighted by Gasteiger charge is 2.23. The second-order valence-electron chi connectivity index (χ2n) is 7.60. The van der Waals surface area contributed by atoms with E-state index in [-0.39, 0.29) is 6.04 Å². The first-order valence-electron chi connectivity index (χ1n) is 9.96. The quantitative estimate of drug-likeness (QED) is 0.457. The van der Waals surface area contributed by atoms with E-state index in [1.807, 2.05) is 12.1 Å². The Labute approximate surface area is 180 Å². The zero-order valence-corrected chi connectivity index (χ0v) is 18.1. The molecule has 0 saturated carbocycles. The van der Waals surface area contributed by atoms with Crippen molar-refractivity contribution < 1.29 is 8.42 Å². The summed E-state index contributed by atoms with van der Waals surface area (Å²) >= 11 is 0. The molecule has 4 N–H and O–H groups in total. The molecule has 31 heavy (non-hydrogen) atoms. The van der Waals surface area contributed by atoms with Crippen molar-refractivity contribution in [2.75, 3.05) is 34.6 Å². The largest absolute Gasteiger partial charge is 0.366 e. The van der Waals surface area contributed by atoms with Gasteiger partial charge in [0.25, 0.3) is 0 Å². The summed E-state index contributed by atoms with van der Waals surface area (Å²) in [5.74, 6) is 0.600. The lowest BCUT2D eigenvalue weighted by Gasteiger charge is -2.34. The third kappa shape index (κ3) is 4.40. The fraction of sp³-hybridized carbons (Fsp3) is 0.350. The van der Waals surface area contributed by atoms with Gasteiger partial charge in [-0.3, -0.25) is 10.0 Å². The molecule has 4 rings (SSSR count). The summed E-state index contributed by atoms with van der Waals surface area (Å²) in [6, 6.07) is 9.19. The standard InChI is InChI=1S/C20H24N8O2S/c1-13(2)31(29,30)27-14-3-4-18(28-8-7-22-15(10-21)11-28)17(9-14)26-20-16-5-6-23-19(16)24-12-25-20/h3-6,9,12-13,15,22,27H,7-8,11H2,1-2H3,(H2,23,24,25,26). The van der Waals surface area contributed by atoms with Gasteiger partial charge in [0.1, 0.15) is 23.8 Å². The van der Waals surface area contributed by atoms with Gasteiger partial charge in [-0.2, -0.15) is 5.26 Å². The van der Waals surface area contributed by atoms with Crippen LogP contribution in [0.2, 0.25) is 0 Å². The van der Waals surface area contributed by atoms with E-state index in [0.29, 0.717) is 42.5 Å². The fourth-order valence-electron chi connectivity index (χ4n) is 3.41. The number of nitriles is 1. The Kier molecular flexibility index (Phi) is 5.67. The Morgan fingerprint density at radius 2 is 2.13 bits per heavy atom. The summed E-state index contributed by atoms with van der Waals surface area (Å²) in [5, 5.41) is 16.1. The normalized spacial score (nSPS) is 17.0. The third-order valence-electron chi connectivity index (χ3n) is 5.16. The molecular weight excluding hydrogens is 416 g/mol. The maximum absolute atomic E-state index is 12.4. The van der Waals surface area contributed by atoms with E-state index in [4.69, 9.17) is 0 Å². The molecule has 1 aromatic carbocycles. The number of H-pyrrole nitrogens is 1. The fourth-order valence-corrected chi connectivity index (χ4v) is 4.10. The zero-order valence-electron chi connectivity index (χ0n) is 17.3. The molecule has 11 heteroatoms. The number of aromatic amines is 1. The summed E-state index contributed by atoms with van der Waals surface area (Å²) in [6.45, 7) is 5.16. The van der Waals surface area contributed by atoms with Crippen LogP contribution in [0.15, 0.2) is 36.8 Å². The van der Waals surface area contributed by atoms with Crippen molar-refractivity contribution in [3.05, 3.63) is 36.8 Å². The molecule has 0 radical (unpaired) electrons. The second kappa shape index (κ2) is 8.41. The number of rotatable bonds is 6. The number of anilines is 4. The molecule has 3 heterocycles. The second-order valence-corrected chi connectivity index (χ2v) is 9.83. The monoisotopic (exact) mass is 440 g/mol. The SMILES string of the molecule is CC(C)S(=O)(=O)Nc1ccc(N2CCNC(C#N)C2)c(Nc2ncnc3[nH]ccc23)c1. The van der Waals surface area contributed by atoms with E-state index < -0.39 is 15.3 Å². The third-order valence-corrected chi connectivity index (χ3v) is 6.92. The van der Waals surface area contributed by atoms with Crippen molar-refractivity contribution in [2.24, 2.45) is 0 Å². The van der Waals surface area contributed by atoms with Crippen molar-refractivity contribution in [3.63, 3.8) is 0 Å². The summed E-state index contributed by atoms with van der Waals surface area (Å²) in [5.41, 5.74) is 2.69. The lowest BCUT2D eigenvalue weighted by molar-refractivity contribution is 0.525. The number of benzene rings is 1. The maximum Gasteiger partial charge on any atom is 0.235 e. The topological polar surface area (TPSA) is 139 Å². The molecule has 0 aliphatic carbocycles. The first kappa shape index (κ1) is 20.9. The molecule has 162 valence electrons. The van der Waals surface area contributed by atoms with E-state index in [9.17, 15) is 13.7 Å². The van der Waals surface area contributed by atoms with Gasteiger partial charge in [-0.15, -0.1) is 0 Å². The van der Waals surface area contributed by atoms with Crippen LogP contribution < -0.4 is 20.3 Å². The van der Waals surface area contributed by atoms with Crippen LogP contribution in [0.3, 0.4) is 0 Å². The molecule has 0 bridgehead atoms. The van der Waals surface area contributed by atoms with Gasteiger partial charge >= 0.3 is 0 Å². The van der Waals surface area contributed by atoms with Crippen LogP contribution in [0.1, 0.15) is 13.8 Å². The average Bonchev–Trinajstić information content (AvgIpc) is 3.23. The maximum atomic E-state index is 12.4. The predicted molar refractivity (Wildman–Crippen MR) is 121 cm³/mol. The number of aromatic nitrogens is 3. The summed E-state index contributed by atoms with van der Waals surface area (Å²) < 4.78 is 27.4. The molecule has 10 nitrogen and oxygen atoms in total. The number of nitrogens with one attached hydrogen (secondary N) is 4. The number of fused-ring (bicyclic) bond motifs is 1. The summed E-state index contributed by atoms with van der Waals surface area (Å²) in [6.07, 6.45) is 3.25. The van der Waals surface area contributed by atoms with Gasteiger partial charge in [0.05, 0.1) is 33.8 Å². The average molecular weight is 441 g/mol. The van der Waals surface area contributed by atoms with E-state index in [1.54, 1.807) is 32.2 Å². The van der Waals surface area contributed by atoms with Crippen LogP contribution in [-0.4, -0.2) is 54.3 Å². The first-order chi connectivity index (χ1) is 14.9. The molecule has 0 spiro atoms. The molecule has 1 fully saturated rings. The molecule has 1 aliphatic heterocycles. The van der Waals surface area contributed by atoms with Gasteiger partial charge in [-0.1, -0.05) is 0 Å². The number of piperazine rings is 1. The van der Waals surface area contributed by atoms with Crippen molar-refractivity contribution >= 4 is 43.9 Å². The highest BCUT2D eigenvalue weighted by molar-refractivity contribution is 7.93. The highest BCUT2D eigenvalue weighted by Crippen LogP contribution is 2.34. The predicted octanol–water partition coefficient (Wildman–Crippen LogP) is 2.15. The van der Waals surface area contributed by atoms with Crippen molar-refractivity contribution in [2.45, 2.75) is 25.1 Å². The van der Waals surface area contributed by atoms with E-state index in [2.05, 4.69) is 41.3 Å². The van der Waals surface area contributed by atoms with Crippen LogP contribution in [0.25, 0.3) is 11.0 Å². The molecule has 1 aliphatic rings. The molecule has 1 saturated heterocycles. The van der Waals surface area contributed by atoms with Crippen molar-refractivity contribution in [1.82, 2.24) is 20.3 Å². The number of hydrogen-bond donors (Lipinski definition) is 4. The van der Waals surface area contributed by atoms with Crippen LogP contribution in [-0.2, 0) is 10.0 Å². The van der Waals surface area contributed by atoms with Crippen LogP contribution >= 0.6 is 0 Å². The summed E-state index contributed by atoms with van der Waals surface area (Å²) in [4.78, 5) is 13.7. The molecular formula is C20H24N8O2S. The molecule has 1 unspecified atom stereocenters. The van der Waals surface area contributed by atoms with Gasteiger partial charge in [0.15, 0.2) is 0 Å². The van der Waals surface area contributed by atoms with Crippen molar-refractivity contribution in [3.8, 4) is 6.07 Å². The zero-order chi connectivity index (χ0) is 22.0. The van der Waals surface area contributed by atoms with Crippen molar-refractivity contribution in [1.29, 1.82) is 5.26 Å². The molecule has 3 aromatic rings. The van der Waals surface area contributed by atoms with E-state index in [1.165, 1.54) is 6.33 Å². The van der Waals surface area contributed by atoms with Gasteiger partial charge in [-0.25, -0.2) is 18.4 Å². The Hall–Kier alpha value is -3.36. The minimum atomic E-state index is -3.49. The molecule has 2 aromatic heterocycles. The number of nitrogens with zero attached hydrogens (tertiary/aromatic N) is 4. The lowest BCUT2D eigenvalue weighted by atomic mass is 10.1. The van der Waals surface area contributed by atoms with E-state index in [0.717, 1.165) is 11.1 Å². The van der Waals surface area contributed by atoms with Crippen LogP contribution in [0.5, 0.6) is 0 Å². The Bertz CT molecular complexity index is 1230. The van der Waals surface area contributed by atoms with Gasteiger partial charge in [0, 0.05) is 25.8 Å². The first-order valence-corrected chi connectivity index (χ1v) is 11.5.